The van der Waals surface area contributed by atoms with Gasteiger partial charge in [0.2, 0.25) is 6.29 Å². The van der Waals surface area contributed by atoms with Gasteiger partial charge in [0.25, 0.3) is 0 Å². The first-order chi connectivity index (χ1) is 19.5. The molecule has 0 saturated carbocycles. The third-order valence-electron chi connectivity index (χ3n) is 6.46. The number of phenols is 1. The van der Waals surface area contributed by atoms with Gasteiger partial charge in [0.15, 0.2) is 6.29 Å². The summed E-state index contributed by atoms with van der Waals surface area (Å²) in [6.07, 6.45) is -7.11. The molecule has 0 aliphatic carbocycles. The van der Waals surface area contributed by atoms with E-state index in [9.17, 15) is 39.9 Å². The molecule has 0 aromatic heterocycles. The van der Waals surface area contributed by atoms with Gasteiger partial charge in [-0.2, -0.15) is 0 Å². The maximum absolute atomic E-state index is 12.9. The Morgan fingerprint density at radius 1 is 1.02 bits per heavy atom. The number of hydrogen-bond donors (Lipinski definition) is 5. The second kappa shape index (κ2) is 14.9. The SMILES string of the molecule is COC(=O)C1=CO[C@@H](O[C@H]2O[C@H](CO)[C@@H](O)[C@H](O)[C@H]2O)C(=CCOC(C)=O)[C@@H]1CC(=O)OCCc1ccc(O)cc1. The first kappa shape index (κ1) is 32.0. The van der Waals surface area contributed by atoms with Gasteiger partial charge in [-0.05, 0) is 23.8 Å². The van der Waals surface area contributed by atoms with Crippen molar-refractivity contribution in [2.45, 2.75) is 56.8 Å². The van der Waals surface area contributed by atoms with Gasteiger partial charge in [-0.3, -0.25) is 9.59 Å². The molecule has 41 heavy (non-hydrogen) atoms. The molecule has 5 N–H and O–H groups in total. The molecule has 0 bridgehead atoms. The van der Waals surface area contributed by atoms with E-state index >= 15 is 0 Å². The predicted octanol–water partition coefficient (Wildman–Crippen LogP) is -0.797. The zero-order valence-corrected chi connectivity index (χ0v) is 22.5. The number of phenolic OH excluding ortho intramolecular Hbond substituents is 1. The van der Waals surface area contributed by atoms with Crippen LogP contribution in [0.15, 0.2) is 47.7 Å². The molecule has 14 heteroatoms. The lowest BCUT2D eigenvalue weighted by atomic mass is 9.86. The number of aliphatic hydroxyl groups is 4. The van der Waals surface area contributed by atoms with Crippen LogP contribution in [0.25, 0.3) is 0 Å². The fraction of sp³-hybridized carbons (Fsp3) is 0.519. The van der Waals surface area contributed by atoms with Crippen molar-refractivity contribution in [2.24, 2.45) is 5.92 Å². The van der Waals surface area contributed by atoms with Crippen molar-refractivity contribution in [2.75, 3.05) is 26.9 Å². The van der Waals surface area contributed by atoms with Crippen LogP contribution in [0.3, 0.4) is 0 Å². The van der Waals surface area contributed by atoms with E-state index in [1.54, 1.807) is 12.1 Å². The lowest BCUT2D eigenvalue weighted by molar-refractivity contribution is -0.327. The summed E-state index contributed by atoms with van der Waals surface area (Å²) >= 11 is 0. The molecule has 1 saturated heterocycles. The Morgan fingerprint density at radius 3 is 2.37 bits per heavy atom. The number of methoxy groups -OCH3 is 1. The third kappa shape index (κ3) is 8.48. The number of carbonyl (C=O) groups is 3. The molecule has 7 atom stereocenters. The highest BCUT2D eigenvalue weighted by Gasteiger charge is 2.47. The standard InChI is InChI=1S/C27H34O14/c1-14(29)37-10-8-17-18(11-21(31)38-9-7-15-3-5-16(30)6-4-15)19(25(35)36-2)13-39-26(17)41-27-24(34)23(33)22(32)20(12-28)40-27/h3-6,8,13,18,20,22-24,26-28,30,32-34H,7,9-12H2,1-2H3/t18-,20+,22+,23-,24+,26-,27+/m0/s1. The molecule has 0 amide bonds. The van der Waals surface area contributed by atoms with Crippen LogP contribution in [0.4, 0.5) is 0 Å². The van der Waals surface area contributed by atoms with Gasteiger partial charge in [0.05, 0.1) is 38.6 Å². The molecule has 1 fully saturated rings. The Balaban J connectivity index is 1.82. The van der Waals surface area contributed by atoms with Crippen molar-refractivity contribution in [3.8, 4) is 5.75 Å². The van der Waals surface area contributed by atoms with Crippen molar-refractivity contribution in [1.29, 1.82) is 0 Å². The zero-order chi connectivity index (χ0) is 30.1. The molecule has 0 radical (unpaired) electrons. The Hall–Kier alpha value is -3.53. The number of aromatic hydroxyl groups is 1. The van der Waals surface area contributed by atoms with Crippen LogP contribution < -0.4 is 0 Å². The van der Waals surface area contributed by atoms with E-state index in [1.807, 2.05) is 0 Å². The number of esters is 3. The summed E-state index contributed by atoms with van der Waals surface area (Å²) in [6.45, 7) is 0.182. The van der Waals surface area contributed by atoms with Crippen LogP contribution in [0.1, 0.15) is 18.9 Å². The van der Waals surface area contributed by atoms with Crippen molar-refractivity contribution >= 4 is 17.9 Å². The van der Waals surface area contributed by atoms with Gasteiger partial charge < -0.3 is 54.0 Å². The minimum Gasteiger partial charge on any atom is -0.508 e. The van der Waals surface area contributed by atoms with E-state index in [4.69, 9.17) is 28.4 Å². The van der Waals surface area contributed by atoms with Crippen molar-refractivity contribution in [3.63, 3.8) is 0 Å². The van der Waals surface area contributed by atoms with Crippen LogP contribution in [0.5, 0.6) is 5.75 Å². The van der Waals surface area contributed by atoms with Gasteiger partial charge in [0.1, 0.15) is 36.8 Å². The Kier molecular flexibility index (Phi) is 11.6. The molecule has 0 spiro atoms. The molecule has 226 valence electrons. The van der Waals surface area contributed by atoms with E-state index in [-0.39, 0.29) is 36.5 Å². The fourth-order valence-electron chi connectivity index (χ4n) is 4.25. The lowest BCUT2D eigenvalue weighted by Crippen LogP contribution is -2.60. The normalized spacial score (nSPS) is 28.8. The van der Waals surface area contributed by atoms with Crippen LogP contribution in [0.2, 0.25) is 0 Å². The summed E-state index contributed by atoms with van der Waals surface area (Å²) in [7, 11) is 1.13. The highest BCUT2D eigenvalue weighted by molar-refractivity contribution is 5.90. The molecule has 1 aromatic carbocycles. The smallest absolute Gasteiger partial charge is 0.337 e. The summed E-state index contributed by atoms with van der Waals surface area (Å²) in [6, 6.07) is 6.36. The molecule has 14 nitrogen and oxygen atoms in total. The maximum atomic E-state index is 12.9. The fourth-order valence-corrected chi connectivity index (χ4v) is 4.25. The number of ether oxygens (including phenoxy) is 6. The second-order valence-corrected chi connectivity index (χ2v) is 9.27. The van der Waals surface area contributed by atoms with Gasteiger partial charge >= 0.3 is 17.9 Å². The van der Waals surface area contributed by atoms with E-state index < -0.39 is 67.4 Å². The van der Waals surface area contributed by atoms with Gasteiger partial charge in [0, 0.05) is 24.8 Å². The minimum atomic E-state index is -1.76. The molecule has 2 aliphatic rings. The quantitative estimate of drug-likeness (QED) is 0.123. The van der Waals surface area contributed by atoms with E-state index in [1.165, 1.54) is 25.1 Å². The monoisotopic (exact) mass is 582 g/mol. The molecule has 0 unspecified atom stereocenters. The highest BCUT2D eigenvalue weighted by atomic mass is 16.8. The first-order valence-corrected chi connectivity index (χ1v) is 12.7. The van der Waals surface area contributed by atoms with Gasteiger partial charge in [-0.25, -0.2) is 4.79 Å². The molecular formula is C27H34O14. The van der Waals surface area contributed by atoms with Crippen molar-refractivity contribution in [1.82, 2.24) is 0 Å². The summed E-state index contributed by atoms with van der Waals surface area (Å²) in [5.41, 5.74) is 0.846. The molecule has 2 aliphatic heterocycles. The number of rotatable bonds is 11. The lowest BCUT2D eigenvalue weighted by Gasteiger charge is -2.42. The Morgan fingerprint density at radius 2 is 1.73 bits per heavy atom. The van der Waals surface area contributed by atoms with Crippen LogP contribution in [-0.4, -0.2) is 107 Å². The van der Waals surface area contributed by atoms with Crippen LogP contribution in [0, 0.1) is 5.92 Å². The van der Waals surface area contributed by atoms with E-state index in [2.05, 4.69) is 0 Å². The largest absolute Gasteiger partial charge is 0.508 e. The first-order valence-electron chi connectivity index (χ1n) is 12.7. The Labute approximate surface area is 235 Å². The third-order valence-corrected chi connectivity index (χ3v) is 6.46. The van der Waals surface area contributed by atoms with Crippen LogP contribution >= 0.6 is 0 Å². The predicted molar refractivity (Wildman–Crippen MR) is 135 cm³/mol. The number of benzene rings is 1. The van der Waals surface area contributed by atoms with Crippen LogP contribution in [-0.2, 0) is 49.2 Å². The van der Waals surface area contributed by atoms with Crippen molar-refractivity contribution < 1.29 is 68.3 Å². The molecule has 1 aromatic rings. The molecule has 2 heterocycles. The summed E-state index contributed by atoms with van der Waals surface area (Å²) in [4.78, 5) is 36.8. The average molecular weight is 583 g/mol. The number of hydrogen-bond acceptors (Lipinski definition) is 14. The summed E-state index contributed by atoms with van der Waals surface area (Å²) in [5.74, 6) is -3.09. The molecule has 3 rings (SSSR count). The maximum Gasteiger partial charge on any atom is 0.337 e. The zero-order valence-electron chi connectivity index (χ0n) is 22.5. The van der Waals surface area contributed by atoms with Gasteiger partial charge in [-0.15, -0.1) is 0 Å². The highest BCUT2D eigenvalue weighted by Crippen LogP contribution is 2.36. The Bertz CT molecular complexity index is 1110. The van der Waals surface area contributed by atoms with E-state index in [0.717, 1.165) is 18.9 Å². The topological polar surface area (TPSA) is 208 Å². The molecular weight excluding hydrogens is 548 g/mol. The number of carbonyl (C=O) groups excluding carboxylic acids is 3. The minimum absolute atomic E-state index is 0.00138. The van der Waals surface area contributed by atoms with Gasteiger partial charge in [-0.1, -0.05) is 12.1 Å². The number of aliphatic hydroxyl groups excluding tert-OH is 4. The van der Waals surface area contributed by atoms with Crippen molar-refractivity contribution in [3.05, 3.63) is 53.3 Å². The second-order valence-electron chi connectivity index (χ2n) is 9.27. The summed E-state index contributed by atoms with van der Waals surface area (Å²) in [5, 5.41) is 49.5. The summed E-state index contributed by atoms with van der Waals surface area (Å²) < 4.78 is 31.9. The average Bonchev–Trinajstić information content (AvgIpc) is 2.95. The van der Waals surface area contributed by atoms with E-state index in [0.29, 0.717) is 6.42 Å².